The van der Waals surface area contributed by atoms with Gasteiger partial charge in [0.15, 0.2) is 0 Å². The molecule has 0 aromatic heterocycles. The molecule has 5 nitrogen and oxygen atoms in total. The molecule has 0 aliphatic rings. The Morgan fingerprint density at radius 2 is 1.88 bits per heavy atom. The first-order valence-electron chi connectivity index (χ1n) is 5.76. The number of carbonyl (C=O) groups excluding carboxylic acids is 1. The van der Waals surface area contributed by atoms with Crippen LogP contribution < -0.4 is 10.9 Å². The molecule has 0 aromatic rings. The summed E-state index contributed by atoms with van der Waals surface area (Å²) in [6.45, 7) is 5.64. The summed E-state index contributed by atoms with van der Waals surface area (Å²) >= 11 is 0. The molecule has 0 spiro atoms. The zero-order valence-corrected chi connectivity index (χ0v) is 10.2. The lowest BCUT2D eigenvalue weighted by atomic mass is 10.1. The van der Waals surface area contributed by atoms with Gasteiger partial charge in [-0.1, -0.05) is 33.6 Å². The fourth-order valence-corrected chi connectivity index (χ4v) is 1.27. The maximum Gasteiger partial charge on any atom is 0.322 e. The highest BCUT2D eigenvalue weighted by atomic mass is 16.4. The third kappa shape index (κ3) is 6.40. The number of rotatable bonds is 8. The number of hydrogen-bond acceptors (Lipinski definition) is 3. The Hall–Kier alpha value is -1.10. The highest BCUT2D eigenvalue weighted by molar-refractivity contribution is 5.77. The Kier molecular flexibility index (Phi) is 7.54. The van der Waals surface area contributed by atoms with E-state index < -0.39 is 12.0 Å². The van der Waals surface area contributed by atoms with Crippen molar-refractivity contribution in [1.82, 2.24) is 10.9 Å². The minimum Gasteiger partial charge on any atom is -0.480 e. The zero-order chi connectivity index (χ0) is 12.6. The summed E-state index contributed by atoms with van der Waals surface area (Å²) in [6, 6.07) is -0.741. The molecule has 0 rings (SSSR count). The lowest BCUT2D eigenvalue weighted by Crippen LogP contribution is -2.50. The van der Waals surface area contributed by atoms with E-state index in [9.17, 15) is 9.59 Å². The van der Waals surface area contributed by atoms with Crippen molar-refractivity contribution in [2.45, 2.75) is 52.5 Å². The van der Waals surface area contributed by atoms with Gasteiger partial charge in [0.2, 0.25) is 5.91 Å². The third-order valence-corrected chi connectivity index (χ3v) is 2.31. The molecule has 1 atom stereocenters. The molecule has 3 N–H and O–H groups in total. The van der Waals surface area contributed by atoms with Gasteiger partial charge in [0.1, 0.15) is 6.04 Å². The van der Waals surface area contributed by atoms with Crippen LogP contribution in [0.1, 0.15) is 46.5 Å². The van der Waals surface area contributed by atoms with Gasteiger partial charge in [-0.05, 0) is 12.3 Å². The lowest BCUT2D eigenvalue weighted by Gasteiger charge is -2.18. The van der Waals surface area contributed by atoms with Crippen molar-refractivity contribution in [3.63, 3.8) is 0 Å². The summed E-state index contributed by atoms with van der Waals surface area (Å²) in [5, 5.41) is 8.86. The summed E-state index contributed by atoms with van der Waals surface area (Å²) in [5.74, 6) is -1.18. The van der Waals surface area contributed by atoms with Crippen molar-refractivity contribution >= 4 is 11.9 Å². The molecule has 0 aliphatic heterocycles. The minimum atomic E-state index is -0.955. The van der Waals surface area contributed by atoms with Gasteiger partial charge in [0.25, 0.3) is 0 Å². The smallest absolute Gasteiger partial charge is 0.322 e. The highest BCUT2D eigenvalue weighted by Gasteiger charge is 2.21. The molecule has 0 saturated heterocycles. The molecule has 0 unspecified atom stereocenters. The second kappa shape index (κ2) is 8.10. The van der Waals surface area contributed by atoms with Crippen molar-refractivity contribution < 1.29 is 14.7 Å². The predicted octanol–water partition coefficient (Wildman–Crippen LogP) is 1.30. The Morgan fingerprint density at radius 3 is 2.31 bits per heavy atom. The minimum absolute atomic E-state index is 0.0755. The summed E-state index contributed by atoms with van der Waals surface area (Å²) in [6.07, 6.45) is 3.35. The molecule has 16 heavy (non-hydrogen) atoms. The van der Waals surface area contributed by atoms with Gasteiger partial charge in [0, 0.05) is 6.42 Å². The topological polar surface area (TPSA) is 78.4 Å². The van der Waals surface area contributed by atoms with Crippen LogP contribution in [-0.4, -0.2) is 23.0 Å². The number of hydrogen-bond donors (Lipinski definition) is 3. The van der Waals surface area contributed by atoms with Gasteiger partial charge >= 0.3 is 5.97 Å². The van der Waals surface area contributed by atoms with Crippen LogP contribution in [0, 0.1) is 5.92 Å². The van der Waals surface area contributed by atoms with Gasteiger partial charge in [0.05, 0.1) is 0 Å². The average Bonchev–Trinajstić information content (AvgIpc) is 2.17. The number of carbonyl (C=O) groups is 2. The summed E-state index contributed by atoms with van der Waals surface area (Å²) < 4.78 is 0. The van der Waals surface area contributed by atoms with Crippen molar-refractivity contribution in [3.8, 4) is 0 Å². The largest absolute Gasteiger partial charge is 0.480 e. The summed E-state index contributed by atoms with van der Waals surface area (Å²) in [4.78, 5) is 22.1. The van der Waals surface area contributed by atoms with Crippen LogP contribution >= 0.6 is 0 Å². The molecule has 0 radical (unpaired) electrons. The van der Waals surface area contributed by atoms with Crippen LogP contribution in [-0.2, 0) is 9.59 Å². The molecule has 0 saturated carbocycles. The van der Waals surface area contributed by atoms with E-state index in [1.54, 1.807) is 13.8 Å². The van der Waals surface area contributed by atoms with E-state index in [4.69, 9.17) is 5.11 Å². The maximum absolute atomic E-state index is 11.3. The van der Waals surface area contributed by atoms with Crippen LogP contribution in [0.25, 0.3) is 0 Å². The van der Waals surface area contributed by atoms with Crippen LogP contribution in [0.3, 0.4) is 0 Å². The Morgan fingerprint density at radius 1 is 1.25 bits per heavy atom. The molecule has 5 heteroatoms. The normalized spacial score (nSPS) is 12.5. The van der Waals surface area contributed by atoms with E-state index >= 15 is 0 Å². The monoisotopic (exact) mass is 230 g/mol. The van der Waals surface area contributed by atoms with Gasteiger partial charge < -0.3 is 5.11 Å². The van der Waals surface area contributed by atoms with E-state index in [0.717, 1.165) is 19.3 Å². The highest BCUT2D eigenvalue weighted by Crippen LogP contribution is 2.01. The van der Waals surface area contributed by atoms with E-state index in [1.807, 2.05) is 0 Å². The molecular formula is C11H22N2O3. The van der Waals surface area contributed by atoms with Crippen molar-refractivity contribution in [2.24, 2.45) is 5.92 Å². The molecule has 94 valence electrons. The molecule has 1 amide bonds. The number of amides is 1. The fraction of sp³-hybridized carbons (Fsp3) is 0.818. The number of carboxylic acid groups (broad SMARTS) is 1. The average molecular weight is 230 g/mol. The van der Waals surface area contributed by atoms with Crippen molar-refractivity contribution in [1.29, 1.82) is 0 Å². The maximum atomic E-state index is 11.3. The van der Waals surface area contributed by atoms with E-state index in [0.29, 0.717) is 6.42 Å². The van der Waals surface area contributed by atoms with Crippen LogP contribution in [0.4, 0.5) is 0 Å². The molecule has 0 heterocycles. The number of nitrogens with one attached hydrogen (secondary N) is 2. The van der Waals surface area contributed by atoms with Crippen LogP contribution in [0.15, 0.2) is 0 Å². The first-order chi connectivity index (χ1) is 7.49. The van der Waals surface area contributed by atoms with Crippen molar-refractivity contribution in [2.75, 3.05) is 0 Å². The van der Waals surface area contributed by atoms with Crippen LogP contribution in [0.2, 0.25) is 0 Å². The predicted molar refractivity (Wildman–Crippen MR) is 61.7 cm³/mol. The number of carboxylic acids is 1. The Balaban J connectivity index is 3.83. The van der Waals surface area contributed by atoms with Gasteiger partial charge in [-0.15, -0.1) is 0 Å². The molecule has 0 fully saturated rings. The first kappa shape index (κ1) is 14.9. The molecule has 0 bridgehead atoms. The van der Waals surface area contributed by atoms with E-state index in [-0.39, 0.29) is 11.8 Å². The van der Waals surface area contributed by atoms with Gasteiger partial charge in [-0.2, -0.15) is 0 Å². The second-order valence-corrected chi connectivity index (χ2v) is 4.21. The molecule has 0 aliphatic carbocycles. The zero-order valence-electron chi connectivity index (χ0n) is 10.2. The SMILES string of the molecule is CCCCCC(=O)NN[C@H](C(=O)O)C(C)C. The van der Waals surface area contributed by atoms with E-state index in [1.165, 1.54) is 0 Å². The van der Waals surface area contributed by atoms with Gasteiger partial charge in [-0.3, -0.25) is 15.0 Å². The number of hydrazine groups is 1. The quantitative estimate of drug-likeness (QED) is 0.434. The van der Waals surface area contributed by atoms with Crippen molar-refractivity contribution in [3.05, 3.63) is 0 Å². The number of unbranched alkanes of at least 4 members (excludes halogenated alkanes) is 2. The third-order valence-electron chi connectivity index (χ3n) is 2.31. The molecule has 0 aromatic carbocycles. The lowest BCUT2D eigenvalue weighted by molar-refractivity contribution is -0.141. The van der Waals surface area contributed by atoms with E-state index in [2.05, 4.69) is 17.8 Å². The Bertz CT molecular complexity index is 229. The summed E-state index contributed by atoms with van der Waals surface area (Å²) in [5.41, 5.74) is 4.98. The number of aliphatic carboxylic acids is 1. The fourth-order valence-electron chi connectivity index (χ4n) is 1.27. The standard InChI is InChI=1S/C11H22N2O3/c1-4-5-6-7-9(14)12-13-10(8(2)3)11(15)16/h8,10,13H,4-7H2,1-3H3,(H,12,14)(H,15,16)/t10-/m0/s1. The second-order valence-electron chi connectivity index (χ2n) is 4.21. The molecular weight excluding hydrogens is 208 g/mol. The first-order valence-corrected chi connectivity index (χ1v) is 5.76. The summed E-state index contributed by atoms with van der Waals surface area (Å²) in [7, 11) is 0. The van der Waals surface area contributed by atoms with Gasteiger partial charge in [-0.25, -0.2) is 5.43 Å². The van der Waals surface area contributed by atoms with Crippen LogP contribution in [0.5, 0.6) is 0 Å². The Labute approximate surface area is 96.6 Å².